The van der Waals surface area contributed by atoms with Crippen LogP contribution in [0, 0.1) is 23.2 Å². The molecule has 1 nitrogen and oxygen atoms in total. The Labute approximate surface area is 115 Å². The van der Waals surface area contributed by atoms with Crippen molar-refractivity contribution in [3.63, 3.8) is 0 Å². The van der Waals surface area contributed by atoms with E-state index in [1.165, 1.54) is 45.1 Å². The van der Waals surface area contributed by atoms with Crippen molar-refractivity contribution in [2.45, 2.75) is 73.1 Å². The molecule has 1 rings (SSSR count). The van der Waals surface area contributed by atoms with E-state index in [0.717, 1.165) is 24.3 Å². The van der Waals surface area contributed by atoms with E-state index < -0.39 is 0 Å². The van der Waals surface area contributed by atoms with E-state index in [1.54, 1.807) is 0 Å². The van der Waals surface area contributed by atoms with E-state index >= 15 is 0 Å². The second-order valence-corrected chi connectivity index (χ2v) is 7.15. The zero-order valence-electron chi connectivity index (χ0n) is 13.4. The minimum Gasteiger partial charge on any atom is -0.317 e. The third kappa shape index (κ3) is 4.91. The van der Waals surface area contributed by atoms with E-state index in [9.17, 15) is 0 Å². The van der Waals surface area contributed by atoms with Crippen LogP contribution in [0.25, 0.3) is 0 Å². The van der Waals surface area contributed by atoms with Crippen LogP contribution in [0.15, 0.2) is 0 Å². The zero-order valence-corrected chi connectivity index (χ0v) is 13.4. The molecule has 0 aromatic carbocycles. The molecule has 0 heterocycles. The number of rotatable bonds is 7. The minimum absolute atomic E-state index is 0.583. The van der Waals surface area contributed by atoms with E-state index in [0.29, 0.717) is 5.41 Å². The molecule has 1 aliphatic rings. The average Bonchev–Trinajstić information content (AvgIpc) is 2.34. The number of nitrogens with one attached hydrogen (secondary N) is 1. The van der Waals surface area contributed by atoms with Gasteiger partial charge < -0.3 is 5.32 Å². The molecule has 1 heteroatoms. The van der Waals surface area contributed by atoms with E-state index in [-0.39, 0.29) is 0 Å². The first-order valence-corrected chi connectivity index (χ1v) is 8.23. The summed E-state index contributed by atoms with van der Waals surface area (Å²) in [5.74, 6) is 2.84. The smallest absolute Gasteiger partial charge is 0.00180 e. The van der Waals surface area contributed by atoms with Crippen molar-refractivity contribution in [2.75, 3.05) is 13.1 Å². The van der Waals surface area contributed by atoms with Gasteiger partial charge in [-0.25, -0.2) is 0 Å². The molecule has 1 N–H and O–H groups in total. The summed E-state index contributed by atoms with van der Waals surface area (Å²) in [5.41, 5.74) is 0.583. The molecule has 0 amide bonds. The Morgan fingerprint density at radius 1 is 1.11 bits per heavy atom. The Hall–Kier alpha value is -0.0400. The van der Waals surface area contributed by atoms with Crippen molar-refractivity contribution < 1.29 is 0 Å². The first-order chi connectivity index (χ1) is 8.52. The summed E-state index contributed by atoms with van der Waals surface area (Å²) in [6, 6.07) is 0. The first kappa shape index (κ1) is 16.0. The maximum absolute atomic E-state index is 3.58. The lowest BCUT2D eigenvalue weighted by molar-refractivity contribution is 0.0957. The monoisotopic (exact) mass is 253 g/mol. The van der Waals surface area contributed by atoms with Crippen LogP contribution in [0.4, 0.5) is 0 Å². The minimum atomic E-state index is 0.583. The second kappa shape index (κ2) is 7.53. The molecule has 2 atom stereocenters. The summed E-state index contributed by atoms with van der Waals surface area (Å²) in [7, 11) is 0. The molecule has 18 heavy (non-hydrogen) atoms. The average molecular weight is 253 g/mol. The van der Waals surface area contributed by atoms with Gasteiger partial charge in [-0.1, -0.05) is 47.5 Å². The predicted octanol–water partition coefficient (Wildman–Crippen LogP) is 4.86. The van der Waals surface area contributed by atoms with Gasteiger partial charge in [0, 0.05) is 0 Å². The lowest BCUT2D eigenvalue weighted by atomic mass is 9.64. The van der Waals surface area contributed by atoms with Crippen LogP contribution in [0.3, 0.4) is 0 Å². The molecule has 1 fully saturated rings. The highest BCUT2D eigenvalue weighted by atomic mass is 14.8. The molecule has 108 valence electrons. The molecular weight excluding hydrogens is 218 g/mol. The number of hydrogen-bond acceptors (Lipinski definition) is 1. The molecule has 1 aliphatic carbocycles. The predicted molar refractivity (Wildman–Crippen MR) is 81.8 cm³/mol. The summed E-state index contributed by atoms with van der Waals surface area (Å²) in [6.07, 6.45) is 8.49. The molecular formula is C17H35N. The van der Waals surface area contributed by atoms with Gasteiger partial charge in [0.15, 0.2) is 0 Å². The van der Waals surface area contributed by atoms with E-state index in [4.69, 9.17) is 0 Å². The molecule has 0 saturated heterocycles. The van der Waals surface area contributed by atoms with Gasteiger partial charge in [0.05, 0.1) is 0 Å². The Balaban J connectivity index is 2.58. The molecule has 1 saturated carbocycles. The topological polar surface area (TPSA) is 12.0 Å². The van der Waals surface area contributed by atoms with Gasteiger partial charge in [0.1, 0.15) is 0 Å². The molecule has 0 bridgehead atoms. The highest BCUT2D eigenvalue weighted by Gasteiger charge is 2.35. The highest BCUT2D eigenvalue weighted by molar-refractivity contribution is 4.86. The van der Waals surface area contributed by atoms with Crippen LogP contribution in [0.5, 0.6) is 0 Å². The van der Waals surface area contributed by atoms with Gasteiger partial charge in [0.2, 0.25) is 0 Å². The van der Waals surface area contributed by atoms with Gasteiger partial charge in [-0.2, -0.15) is 0 Å². The van der Waals surface area contributed by atoms with Crippen LogP contribution < -0.4 is 5.32 Å². The Kier molecular flexibility index (Phi) is 6.70. The quantitative estimate of drug-likeness (QED) is 0.683. The molecule has 0 aliphatic heterocycles. The SMILES string of the molecule is CCNCC1CCC(C)(C)CC1CC(CC)CC. The molecule has 0 aromatic rings. The fourth-order valence-corrected chi connectivity index (χ4v) is 3.71. The Morgan fingerprint density at radius 2 is 1.78 bits per heavy atom. The van der Waals surface area contributed by atoms with Crippen LogP contribution in [0.2, 0.25) is 0 Å². The second-order valence-electron chi connectivity index (χ2n) is 7.15. The van der Waals surface area contributed by atoms with Gasteiger partial charge >= 0.3 is 0 Å². The summed E-state index contributed by atoms with van der Waals surface area (Å²) in [5, 5.41) is 3.58. The van der Waals surface area contributed by atoms with Crippen molar-refractivity contribution in [2.24, 2.45) is 23.2 Å². The standard InChI is InChI=1S/C17H35N/c1-6-14(7-2)11-16-12-17(4,5)10-9-15(16)13-18-8-3/h14-16,18H,6-13H2,1-5H3. The lowest BCUT2D eigenvalue weighted by Gasteiger charge is -2.42. The van der Waals surface area contributed by atoms with E-state index in [1.807, 2.05) is 0 Å². The van der Waals surface area contributed by atoms with Crippen LogP contribution in [-0.4, -0.2) is 13.1 Å². The molecule has 0 aromatic heterocycles. The maximum atomic E-state index is 3.58. The van der Waals surface area contributed by atoms with E-state index in [2.05, 4.69) is 39.9 Å². The third-order valence-corrected chi connectivity index (χ3v) is 5.12. The van der Waals surface area contributed by atoms with Crippen molar-refractivity contribution in [1.82, 2.24) is 5.32 Å². The summed E-state index contributed by atoms with van der Waals surface area (Å²) in [6.45, 7) is 14.3. The van der Waals surface area contributed by atoms with Crippen molar-refractivity contribution in [3.8, 4) is 0 Å². The van der Waals surface area contributed by atoms with Gasteiger partial charge in [-0.3, -0.25) is 0 Å². The molecule has 2 unspecified atom stereocenters. The van der Waals surface area contributed by atoms with Crippen LogP contribution in [-0.2, 0) is 0 Å². The normalized spacial score (nSPS) is 27.7. The lowest BCUT2D eigenvalue weighted by Crippen LogP contribution is -2.36. The fourth-order valence-electron chi connectivity index (χ4n) is 3.71. The van der Waals surface area contributed by atoms with Gasteiger partial charge in [-0.05, 0) is 61.9 Å². The van der Waals surface area contributed by atoms with Gasteiger partial charge in [-0.15, -0.1) is 0 Å². The molecule has 0 spiro atoms. The maximum Gasteiger partial charge on any atom is -0.00180 e. The fraction of sp³-hybridized carbons (Fsp3) is 1.00. The largest absolute Gasteiger partial charge is 0.317 e. The van der Waals surface area contributed by atoms with Crippen LogP contribution >= 0.6 is 0 Å². The third-order valence-electron chi connectivity index (χ3n) is 5.12. The van der Waals surface area contributed by atoms with Crippen molar-refractivity contribution in [3.05, 3.63) is 0 Å². The Morgan fingerprint density at radius 3 is 2.33 bits per heavy atom. The Bertz CT molecular complexity index is 218. The molecule has 0 radical (unpaired) electrons. The summed E-state index contributed by atoms with van der Waals surface area (Å²) >= 11 is 0. The van der Waals surface area contributed by atoms with Gasteiger partial charge in [0.25, 0.3) is 0 Å². The van der Waals surface area contributed by atoms with Crippen molar-refractivity contribution >= 4 is 0 Å². The van der Waals surface area contributed by atoms with Crippen molar-refractivity contribution in [1.29, 1.82) is 0 Å². The number of hydrogen-bond donors (Lipinski definition) is 1. The summed E-state index contributed by atoms with van der Waals surface area (Å²) in [4.78, 5) is 0. The highest BCUT2D eigenvalue weighted by Crippen LogP contribution is 2.44. The summed E-state index contributed by atoms with van der Waals surface area (Å²) < 4.78 is 0. The van der Waals surface area contributed by atoms with Crippen LogP contribution in [0.1, 0.15) is 73.1 Å². The zero-order chi connectivity index (χ0) is 13.6. The first-order valence-electron chi connectivity index (χ1n) is 8.23.